The van der Waals surface area contributed by atoms with E-state index in [0.717, 1.165) is 172 Å². The summed E-state index contributed by atoms with van der Waals surface area (Å²) in [4.78, 5) is 28.8. The van der Waals surface area contributed by atoms with Crippen molar-refractivity contribution in [3.05, 3.63) is 292 Å². The molecule has 0 spiro atoms. The Morgan fingerprint density at radius 2 is 0.587 bits per heavy atom. The first-order valence-corrected chi connectivity index (χ1v) is 37.5. The van der Waals surface area contributed by atoms with E-state index in [-0.39, 0.29) is 126 Å². The monoisotopic (exact) mass is 1990 g/mol. The molecule has 9 aromatic carbocycles. The van der Waals surface area contributed by atoms with Gasteiger partial charge in [0.05, 0.1) is 70.8 Å². The molecule has 12 aromatic rings. The first-order valence-electron chi connectivity index (χ1n) is 37.5. The summed E-state index contributed by atoms with van der Waals surface area (Å²) in [5.41, 5.74) is 16.9. The van der Waals surface area contributed by atoms with Crippen LogP contribution >= 0.6 is 0 Å². The van der Waals surface area contributed by atoms with Crippen molar-refractivity contribution in [1.29, 1.82) is 0 Å². The molecule has 6 N–H and O–H groups in total. The number of aromatic nitrogens is 6. The Morgan fingerprint density at radius 3 is 0.835 bits per heavy atom. The third-order valence-electron chi connectivity index (χ3n) is 19.7. The van der Waals surface area contributed by atoms with Gasteiger partial charge in [0.1, 0.15) is 0 Å². The average molecular weight is 1990 g/mol. The molecule has 0 bridgehead atoms. The van der Waals surface area contributed by atoms with Crippen LogP contribution in [0.3, 0.4) is 0 Å². The molecule has 573 valence electrons. The van der Waals surface area contributed by atoms with Gasteiger partial charge in [-0.25, -0.2) is 0 Å². The Morgan fingerprint density at radius 1 is 0.321 bits per heavy atom. The third-order valence-corrected chi connectivity index (χ3v) is 19.7. The van der Waals surface area contributed by atoms with Crippen molar-refractivity contribution in [2.24, 2.45) is 29.1 Å². The van der Waals surface area contributed by atoms with Crippen molar-refractivity contribution in [2.45, 2.75) is 149 Å². The fourth-order valence-corrected chi connectivity index (χ4v) is 13.7. The summed E-state index contributed by atoms with van der Waals surface area (Å²) < 4.78 is 0. The predicted octanol–water partition coefficient (Wildman–Crippen LogP) is 19.9. The summed E-state index contributed by atoms with van der Waals surface area (Å²) in [5.74, 6) is 0.625. The molecule has 3 aliphatic carbocycles. The summed E-state index contributed by atoms with van der Waals surface area (Å²) in [6.07, 6.45) is 14.8. The van der Waals surface area contributed by atoms with Gasteiger partial charge in [-0.1, -0.05) is 249 Å². The van der Waals surface area contributed by atoms with E-state index in [1.165, 1.54) is 0 Å². The Labute approximate surface area is 686 Å². The molecule has 15 rings (SSSR count). The van der Waals surface area contributed by atoms with Crippen molar-refractivity contribution < 1.29 is 91.0 Å². The van der Waals surface area contributed by atoms with E-state index in [9.17, 15) is 30.6 Å². The molecular formula is C94H101Ir3N6O6-3. The maximum atomic E-state index is 9.90. The second-order valence-corrected chi connectivity index (χ2v) is 28.9. The molecule has 3 radical (unpaired) electrons. The summed E-state index contributed by atoms with van der Waals surface area (Å²) in [7, 11) is 0. The van der Waals surface area contributed by atoms with E-state index in [4.69, 9.17) is 29.9 Å². The van der Waals surface area contributed by atoms with Crippen LogP contribution in [0, 0.1) is 47.3 Å². The molecule has 109 heavy (non-hydrogen) atoms. The molecule has 9 atom stereocenters. The molecule has 12 nitrogen and oxygen atoms in total. The van der Waals surface area contributed by atoms with Crippen LogP contribution in [0.2, 0.25) is 0 Å². The van der Waals surface area contributed by atoms with E-state index in [2.05, 4.69) is 54.6 Å². The minimum absolute atomic E-state index is 0. The number of rotatable bonds is 13. The van der Waals surface area contributed by atoms with Crippen LogP contribution < -0.4 is 0 Å². The number of benzene rings is 9. The summed E-state index contributed by atoms with van der Waals surface area (Å²) in [5, 5.41) is 57.4. The quantitative estimate of drug-likeness (QED) is 0.0598. The Balaban J connectivity index is 0.000000187. The zero-order valence-corrected chi connectivity index (χ0v) is 70.1. The molecule has 0 saturated heterocycles. The van der Waals surface area contributed by atoms with Gasteiger partial charge in [0.2, 0.25) is 0 Å². The van der Waals surface area contributed by atoms with Gasteiger partial charge in [0, 0.05) is 130 Å². The largest absolute Gasteiger partial charge is 0.393 e. The van der Waals surface area contributed by atoms with Crippen molar-refractivity contribution in [2.75, 3.05) is 0 Å². The van der Waals surface area contributed by atoms with Crippen LogP contribution in [-0.4, -0.2) is 97.2 Å². The van der Waals surface area contributed by atoms with E-state index < -0.39 is 0 Å². The van der Waals surface area contributed by atoms with Crippen molar-refractivity contribution in [3.63, 3.8) is 0 Å². The smallest absolute Gasteiger partial charge is 0.0873 e. The van der Waals surface area contributed by atoms with Crippen LogP contribution in [0.25, 0.3) is 101 Å². The Kier molecular flexibility index (Phi) is 36.6. The third kappa shape index (κ3) is 25.7. The molecule has 0 amide bonds. The Hall–Kier alpha value is -8.07. The summed E-state index contributed by atoms with van der Waals surface area (Å²) >= 11 is 0. The predicted molar refractivity (Wildman–Crippen MR) is 429 cm³/mol. The number of nitrogens with zero attached hydrogens (tertiary/aromatic N) is 6. The number of hydrogen-bond donors (Lipinski definition) is 6. The first kappa shape index (κ1) is 88.1. The molecule has 3 heterocycles. The average Bonchev–Trinajstić information content (AvgIpc) is 1.33. The molecule has 3 aromatic heterocycles. The van der Waals surface area contributed by atoms with Crippen LogP contribution in [0.4, 0.5) is 0 Å². The zero-order valence-electron chi connectivity index (χ0n) is 62.9. The topological polar surface area (TPSA) is 199 Å². The van der Waals surface area contributed by atoms with Gasteiger partial charge >= 0.3 is 0 Å². The number of aliphatic hydroxyl groups is 6. The van der Waals surface area contributed by atoms with Gasteiger partial charge in [-0.2, -0.15) is 0 Å². The fraction of sp³-hybridized carbons (Fsp3) is 0.298. The van der Waals surface area contributed by atoms with Crippen LogP contribution in [0.5, 0.6) is 0 Å². The standard InChI is InChI=1S/3C22H15N2.2C10H20O2.C8H16O2.3Ir/c3*1-4-10-17(11-5-1)20-16-23-21(18-12-6-2-7-13-18)22(24-20)19-14-8-3-9-15-19;1-10(2,3)9(12)7-5-4-6-8(7)11;1-7(2)10(12)8-5-3-4-6-9(8)11;1-6(9)7-4-2-3-5-8(7)10;;;/h3*1-12,14-16H;7-9,11-12H,4-6H2,1-3H3;7-12H,3-6H2,1-2H3;6-10H,2-5H2,1H3;;;/q3*-1;;;;;;. The molecule has 3 fully saturated rings. The molecule has 15 heteroatoms. The van der Waals surface area contributed by atoms with Crippen LogP contribution in [0.15, 0.2) is 273 Å². The SMILES string of the molecule is CC(C)(C)C(O)C1CCCC1O.CC(C)C(O)C1CCCCC1O.CC(O)C1CCCCC1O.[Ir].[Ir].[Ir].[c-]1ccccc1-c1ncc(-c2ccccc2)nc1-c1ccccc1.[c-]1ccccc1-c1ncc(-c2ccccc2)nc1-c1ccccc1.[c-]1ccccc1-c1ncc(-c2ccccc2)nc1-c1ccccc1. The van der Waals surface area contributed by atoms with Crippen molar-refractivity contribution in [1.82, 2.24) is 29.9 Å². The zero-order chi connectivity index (χ0) is 74.6. The van der Waals surface area contributed by atoms with Gasteiger partial charge in [-0.05, 0) is 73.5 Å². The van der Waals surface area contributed by atoms with Crippen LogP contribution in [-0.2, 0) is 60.3 Å². The van der Waals surface area contributed by atoms with Gasteiger partial charge in [0.25, 0.3) is 0 Å². The van der Waals surface area contributed by atoms with E-state index >= 15 is 0 Å². The molecular weight excluding hydrogens is 1890 g/mol. The van der Waals surface area contributed by atoms with E-state index in [1.54, 1.807) is 6.92 Å². The normalized spacial score (nSPS) is 17.8. The van der Waals surface area contributed by atoms with Crippen LogP contribution in [0.1, 0.15) is 112 Å². The summed E-state index contributed by atoms with van der Waals surface area (Å²) in [6, 6.07) is 94.2. The molecule has 9 unspecified atom stereocenters. The van der Waals surface area contributed by atoms with Gasteiger partial charge in [0.15, 0.2) is 0 Å². The number of aliphatic hydroxyl groups excluding tert-OH is 6. The minimum atomic E-state index is -0.366. The maximum absolute atomic E-state index is 9.90. The van der Waals surface area contributed by atoms with Crippen molar-refractivity contribution in [3.8, 4) is 101 Å². The van der Waals surface area contributed by atoms with Gasteiger partial charge < -0.3 is 45.6 Å². The minimum Gasteiger partial charge on any atom is -0.393 e. The summed E-state index contributed by atoms with van der Waals surface area (Å²) in [6.45, 7) is 11.8. The molecule has 3 saturated carbocycles. The van der Waals surface area contributed by atoms with Gasteiger partial charge in [-0.15, -0.1) is 108 Å². The van der Waals surface area contributed by atoms with Crippen molar-refractivity contribution >= 4 is 0 Å². The molecule has 3 aliphatic rings. The van der Waals surface area contributed by atoms with E-state index in [0.29, 0.717) is 0 Å². The second-order valence-electron chi connectivity index (χ2n) is 28.9. The fourth-order valence-electron chi connectivity index (χ4n) is 13.7. The van der Waals surface area contributed by atoms with Gasteiger partial charge in [-0.3, -0.25) is 15.0 Å². The number of hydrogen-bond acceptors (Lipinski definition) is 12. The second kappa shape index (κ2) is 45.3. The molecule has 0 aliphatic heterocycles. The Bertz CT molecular complexity index is 4120. The maximum Gasteiger partial charge on any atom is 0.0873 e. The first-order chi connectivity index (χ1) is 51.5. The van der Waals surface area contributed by atoms with E-state index in [1.807, 2.05) is 272 Å².